The molecule has 1 aromatic heterocycles. The molecule has 1 aromatic carbocycles. The van der Waals surface area contributed by atoms with E-state index in [0.29, 0.717) is 23.4 Å². The Labute approximate surface area is 207 Å². The smallest absolute Gasteiger partial charge is 0.321 e. The molecule has 0 saturated heterocycles. The topological polar surface area (TPSA) is 95.0 Å². The van der Waals surface area contributed by atoms with E-state index in [1.807, 2.05) is 51.1 Å². The maximum atomic E-state index is 13.4. The molecule has 0 aliphatic carbocycles. The number of rotatable bonds is 5. The number of para-hydroxylation sites is 1. The van der Waals surface area contributed by atoms with Crippen molar-refractivity contribution in [3.63, 3.8) is 0 Å². The number of anilines is 1. The number of aromatic nitrogens is 1. The molecule has 3 rings (SSSR count). The maximum Gasteiger partial charge on any atom is 0.321 e. The number of pyridine rings is 1. The second-order valence-corrected chi connectivity index (χ2v) is 9.30. The van der Waals surface area contributed by atoms with Gasteiger partial charge in [-0.15, -0.1) is 0 Å². The van der Waals surface area contributed by atoms with Crippen LogP contribution in [0, 0.1) is 23.7 Å². The van der Waals surface area contributed by atoms with Gasteiger partial charge in [0.2, 0.25) is 5.88 Å². The highest BCUT2D eigenvalue weighted by Gasteiger charge is 2.34. The molecule has 2 heterocycles. The summed E-state index contributed by atoms with van der Waals surface area (Å²) in [6.45, 7) is 8.22. The molecule has 8 heteroatoms. The van der Waals surface area contributed by atoms with Crippen LogP contribution in [0.5, 0.6) is 5.88 Å². The van der Waals surface area contributed by atoms with Gasteiger partial charge in [-0.05, 0) is 25.1 Å². The van der Waals surface area contributed by atoms with Crippen LogP contribution in [0.4, 0.5) is 10.5 Å². The molecular weight excluding hydrogens is 444 g/mol. The summed E-state index contributed by atoms with van der Waals surface area (Å²) < 4.78 is 6.24. The molecule has 0 fully saturated rings. The van der Waals surface area contributed by atoms with Crippen LogP contribution in [-0.4, -0.2) is 70.7 Å². The Bertz CT molecular complexity index is 1090. The molecule has 35 heavy (non-hydrogen) atoms. The molecule has 0 bridgehead atoms. The van der Waals surface area contributed by atoms with Crippen LogP contribution < -0.4 is 10.1 Å². The fourth-order valence-corrected chi connectivity index (χ4v) is 3.71. The Morgan fingerprint density at radius 1 is 1.31 bits per heavy atom. The predicted molar refractivity (Wildman–Crippen MR) is 135 cm³/mol. The van der Waals surface area contributed by atoms with Crippen molar-refractivity contribution >= 4 is 17.6 Å². The molecule has 2 aromatic rings. The molecule has 2 N–H and O–H groups in total. The summed E-state index contributed by atoms with van der Waals surface area (Å²) in [5.74, 6) is 6.12. The van der Waals surface area contributed by atoms with E-state index in [1.54, 1.807) is 36.0 Å². The fourth-order valence-electron chi connectivity index (χ4n) is 3.71. The van der Waals surface area contributed by atoms with E-state index in [9.17, 15) is 14.7 Å². The lowest BCUT2D eigenvalue weighted by atomic mass is 10.00. The zero-order chi connectivity index (χ0) is 25.5. The molecule has 0 radical (unpaired) electrons. The van der Waals surface area contributed by atoms with E-state index < -0.39 is 6.10 Å². The third-order valence-corrected chi connectivity index (χ3v) is 5.85. The summed E-state index contributed by atoms with van der Waals surface area (Å²) in [5.41, 5.74) is 1.62. The SMILES string of the molecule is CC(C)C#Cc1cnc2c(c1)C(=O)N([C@H](C)CO)C[C@@H](C)[C@@H](CN(C)C(=O)Nc1ccccc1)O2. The lowest BCUT2D eigenvalue weighted by Gasteiger charge is -2.37. The number of amides is 3. The number of urea groups is 1. The van der Waals surface area contributed by atoms with E-state index in [1.165, 1.54) is 0 Å². The van der Waals surface area contributed by atoms with Crippen LogP contribution in [0.15, 0.2) is 42.6 Å². The van der Waals surface area contributed by atoms with Gasteiger partial charge in [0.05, 0.1) is 19.2 Å². The molecule has 3 atom stereocenters. The Balaban J connectivity index is 1.89. The lowest BCUT2D eigenvalue weighted by Crippen LogP contribution is -2.50. The second-order valence-electron chi connectivity index (χ2n) is 9.30. The zero-order valence-corrected chi connectivity index (χ0v) is 21.0. The lowest BCUT2D eigenvalue weighted by molar-refractivity contribution is 0.0356. The van der Waals surface area contributed by atoms with Gasteiger partial charge in [0, 0.05) is 42.9 Å². The minimum Gasteiger partial charge on any atom is -0.472 e. The fraction of sp³-hybridized carbons (Fsp3) is 0.444. The Morgan fingerprint density at radius 3 is 2.69 bits per heavy atom. The molecule has 1 aliphatic rings. The number of likely N-dealkylation sites (N-methyl/N-ethyl adjacent to an activating group) is 1. The van der Waals surface area contributed by atoms with E-state index in [-0.39, 0.29) is 48.8 Å². The van der Waals surface area contributed by atoms with Crippen LogP contribution in [0.2, 0.25) is 0 Å². The van der Waals surface area contributed by atoms with Crippen LogP contribution in [-0.2, 0) is 0 Å². The standard InChI is InChI=1S/C27H34N4O4/c1-18(2)11-12-21-13-23-25(28-14-21)35-24(19(3)15-31(26(23)33)20(4)17-32)16-30(5)27(34)29-22-9-7-6-8-10-22/h6-10,13-14,18-20,24,32H,15-17H2,1-5H3,(H,29,34)/t19-,20-,24-/m1/s1. The molecule has 186 valence electrons. The van der Waals surface area contributed by atoms with Crippen molar-refractivity contribution in [1.29, 1.82) is 0 Å². The van der Waals surface area contributed by atoms with Gasteiger partial charge in [-0.1, -0.05) is 50.8 Å². The molecule has 0 unspecified atom stereocenters. The number of nitrogens with one attached hydrogen (secondary N) is 1. The number of nitrogens with zero attached hydrogens (tertiary/aromatic N) is 3. The number of benzene rings is 1. The van der Waals surface area contributed by atoms with Crippen molar-refractivity contribution in [2.45, 2.75) is 39.8 Å². The summed E-state index contributed by atoms with van der Waals surface area (Å²) in [7, 11) is 1.70. The highest BCUT2D eigenvalue weighted by atomic mass is 16.5. The van der Waals surface area contributed by atoms with Gasteiger partial charge in [-0.25, -0.2) is 9.78 Å². The number of carbonyl (C=O) groups is 2. The first kappa shape index (κ1) is 26.0. The summed E-state index contributed by atoms with van der Waals surface area (Å²) in [4.78, 5) is 33.8. The van der Waals surface area contributed by atoms with E-state index >= 15 is 0 Å². The quantitative estimate of drug-likeness (QED) is 0.642. The first-order valence-electron chi connectivity index (χ1n) is 11.9. The predicted octanol–water partition coefficient (Wildman–Crippen LogP) is 3.47. The highest BCUT2D eigenvalue weighted by Crippen LogP contribution is 2.27. The Morgan fingerprint density at radius 2 is 2.03 bits per heavy atom. The normalized spacial score (nSPS) is 18.4. The van der Waals surface area contributed by atoms with Gasteiger partial charge in [-0.3, -0.25) is 4.79 Å². The summed E-state index contributed by atoms with van der Waals surface area (Å²) in [5, 5.41) is 12.7. The van der Waals surface area contributed by atoms with E-state index in [4.69, 9.17) is 4.74 Å². The third kappa shape index (κ3) is 6.74. The van der Waals surface area contributed by atoms with Gasteiger partial charge >= 0.3 is 6.03 Å². The van der Waals surface area contributed by atoms with Crippen molar-refractivity contribution in [2.75, 3.05) is 32.1 Å². The number of aliphatic hydroxyl groups excluding tert-OH is 1. The first-order valence-corrected chi connectivity index (χ1v) is 11.9. The maximum absolute atomic E-state index is 13.4. The molecule has 1 aliphatic heterocycles. The van der Waals surface area contributed by atoms with Gasteiger partial charge in [0.25, 0.3) is 5.91 Å². The van der Waals surface area contributed by atoms with Gasteiger partial charge in [0.15, 0.2) is 0 Å². The Kier molecular flexibility index (Phi) is 8.72. The van der Waals surface area contributed by atoms with E-state index in [2.05, 4.69) is 22.1 Å². The van der Waals surface area contributed by atoms with Gasteiger partial charge in [-0.2, -0.15) is 0 Å². The zero-order valence-electron chi connectivity index (χ0n) is 21.0. The molecule has 3 amide bonds. The monoisotopic (exact) mass is 478 g/mol. The molecule has 8 nitrogen and oxygen atoms in total. The first-order chi connectivity index (χ1) is 16.7. The number of carbonyl (C=O) groups excluding carboxylic acids is 2. The van der Waals surface area contributed by atoms with Crippen LogP contribution in [0.1, 0.15) is 43.6 Å². The number of fused-ring (bicyclic) bond motifs is 1. The minimum atomic E-state index is -0.429. The van der Waals surface area contributed by atoms with Crippen molar-refractivity contribution in [3.05, 3.63) is 53.7 Å². The summed E-state index contributed by atoms with van der Waals surface area (Å²) in [6.07, 6.45) is 1.16. The van der Waals surface area contributed by atoms with Crippen LogP contribution in [0.3, 0.4) is 0 Å². The average Bonchev–Trinajstić information content (AvgIpc) is 2.84. The van der Waals surface area contributed by atoms with Crippen molar-refractivity contribution < 1.29 is 19.4 Å². The number of ether oxygens (including phenoxy) is 1. The number of hydrogen-bond acceptors (Lipinski definition) is 5. The van der Waals surface area contributed by atoms with Crippen LogP contribution >= 0.6 is 0 Å². The molecular formula is C27H34N4O4. The third-order valence-electron chi connectivity index (χ3n) is 5.85. The molecule has 0 spiro atoms. The average molecular weight is 479 g/mol. The largest absolute Gasteiger partial charge is 0.472 e. The molecule has 0 saturated carbocycles. The van der Waals surface area contributed by atoms with Crippen LogP contribution in [0.25, 0.3) is 0 Å². The minimum absolute atomic E-state index is 0.129. The van der Waals surface area contributed by atoms with E-state index in [0.717, 1.165) is 0 Å². The van der Waals surface area contributed by atoms with Crippen molar-refractivity contribution in [2.24, 2.45) is 11.8 Å². The summed E-state index contributed by atoms with van der Waals surface area (Å²) in [6, 6.07) is 10.3. The summed E-state index contributed by atoms with van der Waals surface area (Å²) >= 11 is 0. The Hall–Kier alpha value is -3.57. The van der Waals surface area contributed by atoms with Crippen molar-refractivity contribution in [3.8, 4) is 17.7 Å². The second kappa shape index (κ2) is 11.7. The highest BCUT2D eigenvalue weighted by molar-refractivity contribution is 5.97. The number of hydrogen-bond donors (Lipinski definition) is 2. The van der Waals surface area contributed by atoms with Gasteiger partial charge in [0.1, 0.15) is 11.7 Å². The van der Waals surface area contributed by atoms with Gasteiger partial charge < -0.3 is 25.0 Å². The number of aliphatic hydroxyl groups is 1. The van der Waals surface area contributed by atoms with Crippen molar-refractivity contribution in [1.82, 2.24) is 14.8 Å².